The van der Waals surface area contributed by atoms with E-state index in [1.165, 1.54) is 4.68 Å². The average Bonchev–Trinajstić information content (AvgIpc) is 2.88. The molecule has 1 heterocycles. The first-order valence-corrected chi connectivity index (χ1v) is 6.78. The van der Waals surface area contributed by atoms with Crippen molar-refractivity contribution in [3.63, 3.8) is 0 Å². The fraction of sp³-hybridized carbons (Fsp3) is 0.429. The Hall–Kier alpha value is -2.44. The van der Waals surface area contributed by atoms with Crippen LogP contribution >= 0.6 is 0 Å². The first-order chi connectivity index (χ1) is 10.2. The third-order valence-corrected chi connectivity index (χ3v) is 2.92. The van der Waals surface area contributed by atoms with Crippen LogP contribution in [0.25, 0.3) is 11.0 Å². The molecule has 112 valence electrons. The maximum absolute atomic E-state index is 11.9. The Kier molecular flexibility index (Phi) is 4.86. The fourth-order valence-electron chi connectivity index (χ4n) is 1.96. The molecule has 0 aliphatic rings. The van der Waals surface area contributed by atoms with Gasteiger partial charge in [-0.05, 0) is 26.0 Å². The predicted octanol–water partition coefficient (Wildman–Crippen LogP) is 1.17. The maximum atomic E-state index is 11.9. The van der Waals surface area contributed by atoms with Crippen LogP contribution in [-0.4, -0.2) is 40.1 Å². The molecule has 7 heteroatoms. The molecule has 0 N–H and O–H groups in total. The molecule has 21 heavy (non-hydrogen) atoms. The second-order valence-electron chi connectivity index (χ2n) is 4.32. The summed E-state index contributed by atoms with van der Waals surface area (Å²) in [6, 6.07) is 7.31. The summed E-state index contributed by atoms with van der Waals surface area (Å²) in [7, 11) is 0. The van der Waals surface area contributed by atoms with E-state index in [0.717, 1.165) is 5.52 Å². The smallest absolute Gasteiger partial charge is 0.322 e. The highest BCUT2D eigenvalue weighted by atomic mass is 16.6. The van der Waals surface area contributed by atoms with Crippen LogP contribution in [0.2, 0.25) is 0 Å². The maximum Gasteiger partial charge on any atom is 0.322 e. The van der Waals surface area contributed by atoms with Gasteiger partial charge in [0.1, 0.15) is 5.52 Å². The first kappa shape index (κ1) is 15.0. The summed E-state index contributed by atoms with van der Waals surface area (Å²) < 4.78 is 11.4. The summed E-state index contributed by atoms with van der Waals surface area (Å²) in [5, 5.41) is 7.96. The summed E-state index contributed by atoms with van der Waals surface area (Å²) >= 11 is 0. The van der Waals surface area contributed by atoms with E-state index in [1.54, 1.807) is 13.8 Å². The molecule has 2 aromatic rings. The number of fused-ring (bicyclic) bond motifs is 1. The molecule has 1 aromatic carbocycles. The van der Waals surface area contributed by atoms with Crippen LogP contribution in [0.1, 0.15) is 13.8 Å². The van der Waals surface area contributed by atoms with Crippen molar-refractivity contribution < 1.29 is 19.1 Å². The van der Waals surface area contributed by atoms with Crippen LogP contribution in [0, 0.1) is 5.92 Å². The molecule has 7 nitrogen and oxygen atoms in total. The molecule has 0 radical (unpaired) electrons. The quantitative estimate of drug-likeness (QED) is 0.587. The number of para-hydroxylation sites is 1. The number of hydrogen-bond donors (Lipinski definition) is 0. The lowest BCUT2D eigenvalue weighted by Crippen LogP contribution is -2.32. The van der Waals surface area contributed by atoms with E-state index in [-0.39, 0.29) is 19.8 Å². The molecular formula is C14H17N3O4. The van der Waals surface area contributed by atoms with E-state index < -0.39 is 17.9 Å². The molecule has 0 bridgehead atoms. The van der Waals surface area contributed by atoms with Gasteiger partial charge in [-0.1, -0.05) is 17.3 Å². The van der Waals surface area contributed by atoms with Crippen molar-refractivity contribution in [3.8, 4) is 0 Å². The van der Waals surface area contributed by atoms with Gasteiger partial charge in [0.25, 0.3) is 0 Å². The number of ether oxygens (including phenoxy) is 2. The van der Waals surface area contributed by atoms with E-state index in [0.29, 0.717) is 5.52 Å². The minimum absolute atomic E-state index is 0.0399. The van der Waals surface area contributed by atoms with E-state index >= 15 is 0 Å². The van der Waals surface area contributed by atoms with Gasteiger partial charge in [0.2, 0.25) is 0 Å². The zero-order valence-electron chi connectivity index (χ0n) is 12.0. The van der Waals surface area contributed by atoms with Gasteiger partial charge >= 0.3 is 11.9 Å². The molecule has 0 fully saturated rings. The highest BCUT2D eigenvalue weighted by Gasteiger charge is 2.30. The first-order valence-electron chi connectivity index (χ1n) is 6.78. The Morgan fingerprint density at radius 3 is 2.38 bits per heavy atom. The largest absolute Gasteiger partial charge is 0.465 e. The number of nitrogens with zero attached hydrogens (tertiary/aromatic N) is 3. The molecule has 0 spiro atoms. The van der Waals surface area contributed by atoms with Crippen molar-refractivity contribution in [2.24, 2.45) is 5.92 Å². The van der Waals surface area contributed by atoms with Gasteiger partial charge < -0.3 is 9.47 Å². The summed E-state index contributed by atoms with van der Waals surface area (Å²) in [4.78, 5) is 23.9. The summed E-state index contributed by atoms with van der Waals surface area (Å²) in [5.74, 6) is -2.28. The Labute approximate surface area is 121 Å². The Morgan fingerprint density at radius 1 is 1.14 bits per heavy atom. The number of carbonyl (C=O) groups excluding carboxylic acids is 2. The monoisotopic (exact) mass is 291 g/mol. The van der Waals surface area contributed by atoms with E-state index in [9.17, 15) is 9.59 Å². The van der Waals surface area contributed by atoms with Gasteiger partial charge in [0.05, 0.1) is 25.3 Å². The zero-order chi connectivity index (χ0) is 15.2. The average molecular weight is 291 g/mol. The lowest BCUT2D eigenvalue weighted by atomic mass is 10.1. The Balaban J connectivity index is 2.25. The van der Waals surface area contributed by atoms with Crippen LogP contribution in [0.4, 0.5) is 0 Å². The SMILES string of the molecule is CCOC(=O)C(Cn1nnc2ccccc21)C(=O)OCC. The van der Waals surface area contributed by atoms with Crippen molar-refractivity contribution in [2.45, 2.75) is 20.4 Å². The minimum atomic E-state index is -1.05. The van der Waals surface area contributed by atoms with Crippen LogP contribution in [0.15, 0.2) is 24.3 Å². The minimum Gasteiger partial charge on any atom is -0.465 e. The topological polar surface area (TPSA) is 83.3 Å². The normalized spacial score (nSPS) is 10.8. The van der Waals surface area contributed by atoms with E-state index in [2.05, 4.69) is 10.3 Å². The van der Waals surface area contributed by atoms with Gasteiger partial charge in [0, 0.05) is 0 Å². The van der Waals surface area contributed by atoms with E-state index in [1.807, 2.05) is 24.3 Å². The highest BCUT2D eigenvalue weighted by molar-refractivity contribution is 5.95. The molecule has 0 unspecified atom stereocenters. The predicted molar refractivity (Wildman–Crippen MR) is 74.3 cm³/mol. The summed E-state index contributed by atoms with van der Waals surface area (Å²) in [6.07, 6.45) is 0. The molecule has 2 rings (SSSR count). The number of hydrogen-bond acceptors (Lipinski definition) is 6. The van der Waals surface area contributed by atoms with Crippen molar-refractivity contribution in [3.05, 3.63) is 24.3 Å². The van der Waals surface area contributed by atoms with Crippen LogP contribution < -0.4 is 0 Å². The summed E-state index contributed by atoms with van der Waals surface area (Å²) in [6.45, 7) is 3.81. The van der Waals surface area contributed by atoms with Crippen LogP contribution in [0.3, 0.4) is 0 Å². The molecule has 0 amide bonds. The van der Waals surface area contributed by atoms with E-state index in [4.69, 9.17) is 9.47 Å². The molecule has 0 atom stereocenters. The van der Waals surface area contributed by atoms with Gasteiger partial charge in [0.15, 0.2) is 5.92 Å². The molecule has 0 saturated carbocycles. The molecule has 0 saturated heterocycles. The molecule has 0 aliphatic carbocycles. The zero-order valence-corrected chi connectivity index (χ0v) is 12.0. The van der Waals surface area contributed by atoms with Gasteiger partial charge in [-0.25, -0.2) is 4.68 Å². The van der Waals surface area contributed by atoms with Gasteiger partial charge in [-0.3, -0.25) is 9.59 Å². The third-order valence-electron chi connectivity index (χ3n) is 2.92. The summed E-state index contributed by atoms with van der Waals surface area (Å²) in [5.41, 5.74) is 1.44. The molecule has 1 aromatic heterocycles. The number of esters is 2. The van der Waals surface area contributed by atoms with Crippen LogP contribution in [-0.2, 0) is 25.6 Å². The number of rotatable bonds is 6. The lowest BCUT2D eigenvalue weighted by Gasteiger charge is -2.14. The fourth-order valence-corrected chi connectivity index (χ4v) is 1.96. The lowest BCUT2D eigenvalue weighted by molar-refractivity contribution is -0.162. The van der Waals surface area contributed by atoms with Crippen molar-refractivity contribution in [1.29, 1.82) is 0 Å². The van der Waals surface area contributed by atoms with Crippen LogP contribution in [0.5, 0.6) is 0 Å². The third kappa shape index (κ3) is 3.36. The Morgan fingerprint density at radius 2 is 1.76 bits per heavy atom. The highest BCUT2D eigenvalue weighted by Crippen LogP contribution is 2.14. The molecular weight excluding hydrogens is 274 g/mol. The number of aromatic nitrogens is 3. The molecule has 0 aliphatic heterocycles. The van der Waals surface area contributed by atoms with Crippen molar-refractivity contribution in [1.82, 2.24) is 15.0 Å². The number of carbonyl (C=O) groups is 2. The Bertz CT molecular complexity index is 620. The van der Waals surface area contributed by atoms with Crippen molar-refractivity contribution in [2.75, 3.05) is 13.2 Å². The standard InChI is InChI=1S/C14H17N3O4/c1-3-20-13(18)10(14(19)21-4-2)9-17-12-8-6-5-7-11(12)15-16-17/h5-8,10H,3-4,9H2,1-2H3. The van der Waals surface area contributed by atoms with Crippen molar-refractivity contribution >= 4 is 23.0 Å². The van der Waals surface area contributed by atoms with Gasteiger partial charge in [-0.15, -0.1) is 5.10 Å². The van der Waals surface area contributed by atoms with Gasteiger partial charge in [-0.2, -0.15) is 0 Å². The second kappa shape index (κ2) is 6.83. The number of benzene rings is 1. The second-order valence-corrected chi connectivity index (χ2v) is 4.32.